The fourth-order valence-corrected chi connectivity index (χ4v) is 4.38. The zero-order chi connectivity index (χ0) is 11.3. The molecule has 1 heterocycles. The molecule has 0 aliphatic carbocycles. The Morgan fingerprint density at radius 1 is 1.27 bits per heavy atom. The fraction of sp³-hybridized carbons (Fsp3) is 1.00. The Morgan fingerprint density at radius 2 is 1.93 bits per heavy atom. The maximum absolute atomic E-state index is 5.93. The molecule has 2 atom stereocenters. The molecule has 0 bridgehead atoms. The number of ether oxygens (including phenoxy) is 1. The maximum Gasteiger partial charge on any atom is 0.0585 e. The van der Waals surface area contributed by atoms with Crippen LogP contribution in [-0.4, -0.2) is 22.9 Å². The van der Waals surface area contributed by atoms with Crippen LogP contribution in [0.15, 0.2) is 0 Å². The molecule has 0 saturated carbocycles. The highest BCUT2D eigenvalue weighted by atomic mass is 79.9. The van der Waals surface area contributed by atoms with E-state index in [0.29, 0.717) is 17.6 Å². The number of hydrogen-bond acceptors (Lipinski definition) is 1. The molecule has 1 nitrogen and oxygen atoms in total. The van der Waals surface area contributed by atoms with Crippen LogP contribution in [0.5, 0.6) is 0 Å². The van der Waals surface area contributed by atoms with Crippen LogP contribution in [0.25, 0.3) is 0 Å². The van der Waals surface area contributed by atoms with Crippen LogP contribution >= 0.6 is 31.9 Å². The molecule has 0 aromatic carbocycles. The van der Waals surface area contributed by atoms with Crippen LogP contribution in [0, 0.1) is 5.41 Å². The molecule has 0 N–H and O–H groups in total. The molecule has 1 aliphatic rings. The van der Waals surface area contributed by atoms with Crippen LogP contribution in [0.4, 0.5) is 0 Å². The largest absolute Gasteiger partial charge is 0.375 e. The average Bonchev–Trinajstić information content (AvgIpc) is 2.63. The highest BCUT2D eigenvalue weighted by Gasteiger charge is 2.33. The van der Waals surface area contributed by atoms with Crippen molar-refractivity contribution in [1.29, 1.82) is 0 Å². The van der Waals surface area contributed by atoms with Gasteiger partial charge in [0.2, 0.25) is 0 Å². The summed E-state index contributed by atoms with van der Waals surface area (Å²) in [5, 5.41) is 2.15. The van der Waals surface area contributed by atoms with Gasteiger partial charge in [-0.05, 0) is 38.0 Å². The third kappa shape index (κ3) is 4.01. The number of hydrogen-bond donors (Lipinski definition) is 0. The summed E-state index contributed by atoms with van der Waals surface area (Å²) < 4.78 is 5.93. The van der Waals surface area contributed by atoms with Gasteiger partial charge in [-0.15, -0.1) is 0 Å². The highest BCUT2D eigenvalue weighted by molar-refractivity contribution is 9.09. The molecule has 1 rings (SSSR count). The van der Waals surface area contributed by atoms with Crippen molar-refractivity contribution >= 4 is 31.9 Å². The first kappa shape index (κ1) is 14.0. The van der Waals surface area contributed by atoms with Crippen molar-refractivity contribution in [2.45, 2.75) is 58.2 Å². The van der Waals surface area contributed by atoms with Crippen molar-refractivity contribution in [2.24, 2.45) is 5.41 Å². The van der Waals surface area contributed by atoms with Gasteiger partial charge in [0.15, 0.2) is 0 Å². The second-order valence-corrected chi connectivity index (χ2v) is 5.99. The first-order chi connectivity index (χ1) is 7.15. The predicted molar refractivity (Wildman–Crippen MR) is 73.1 cm³/mol. The van der Waals surface area contributed by atoms with Gasteiger partial charge in [0.25, 0.3) is 0 Å². The molecular formula is C12H22Br2O. The number of halogens is 2. The summed E-state index contributed by atoms with van der Waals surface area (Å²) in [5.41, 5.74) is 0.392. The van der Waals surface area contributed by atoms with Gasteiger partial charge in [0.05, 0.1) is 12.2 Å². The fourth-order valence-electron chi connectivity index (χ4n) is 2.43. The van der Waals surface area contributed by atoms with Gasteiger partial charge >= 0.3 is 0 Å². The van der Waals surface area contributed by atoms with E-state index in [0.717, 1.165) is 10.7 Å². The Bertz CT molecular complexity index is 180. The Kier molecular flexibility index (Phi) is 6.16. The molecule has 0 amide bonds. The quantitative estimate of drug-likeness (QED) is 0.645. The van der Waals surface area contributed by atoms with E-state index < -0.39 is 0 Å². The molecule has 0 spiro atoms. The van der Waals surface area contributed by atoms with E-state index in [1.807, 2.05) is 0 Å². The smallest absolute Gasteiger partial charge is 0.0585 e. The van der Waals surface area contributed by atoms with Crippen LogP contribution in [0.3, 0.4) is 0 Å². The number of alkyl halides is 2. The molecule has 90 valence electrons. The molecule has 1 aliphatic heterocycles. The van der Waals surface area contributed by atoms with E-state index in [2.05, 4.69) is 45.7 Å². The molecule has 15 heavy (non-hydrogen) atoms. The van der Waals surface area contributed by atoms with Crippen molar-refractivity contribution in [1.82, 2.24) is 0 Å². The Labute approximate surface area is 111 Å². The summed E-state index contributed by atoms with van der Waals surface area (Å²) in [6.45, 7) is 4.45. The summed E-state index contributed by atoms with van der Waals surface area (Å²) in [5.74, 6) is 0. The summed E-state index contributed by atoms with van der Waals surface area (Å²) in [6.07, 6.45) is 7.16. The molecule has 3 heteroatoms. The van der Waals surface area contributed by atoms with Gasteiger partial charge in [-0.1, -0.05) is 45.2 Å². The summed E-state index contributed by atoms with van der Waals surface area (Å²) >= 11 is 7.34. The van der Waals surface area contributed by atoms with Crippen LogP contribution in [0.1, 0.15) is 46.0 Å². The lowest BCUT2D eigenvalue weighted by Crippen LogP contribution is -2.30. The van der Waals surface area contributed by atoms with Gasteiger partial charge in [-0.2, -0.15) is 0 Å². The molecule has 1 fully saturated rings. The zero-order valence-electron chi connectivity index (χ0n) is 9.77. The first-order valence-electron chi connectivity index (χ1n) is 5.93. The normalized spacial score (nSPS) is 27.2. The van der Waals surface area contributed by atoms with E-state index in [9.17, 15) is 0 Å². The van der Waals surface area contributed by atoms with E-state index in [1.54, 1.807) is 0 Å². The lowest BCUT2D eigenvalue weighted by molar-refractivity contribution is 0.0290. The van der Waals surface area contributed by atoms with Gasteiger partial charge in [0.1, 0.15) is 0 Å². The topological polar surface area (TPSA) is 9.23 Å². The molecule has 2 unspecified atom stereocenters. The molecule has 1 saturated heterocycles. The van der Waals surface area contributed by atoms with Gasteiger partial charge in [-0.25, -0.2) is 0 Å². The van der Waals surface area contributed by atoms with Crippen LogP contribution in [0.2, 0.25) is 0 Å². The minimum absolute atomic E-state index is 0.392. The van der Waals surface area contributed by atoms with Crippen molar-refractivity contribution in [3.63, 3.8) is 0 Å². The highest BCUT2D eigenvalue weighted by Crippen LogP contribution is 2.38. The van der Waals surface area contributed by atoms with Gasteiger partial charge in [0, 0.05) is 10.7 Å². The van der Waals surface area contributed by atoms with Crippen molar-refractivity contribution in [3.8, 4) is 0 Å². The number of rotatable bonds is 6. The second kappa shape index (κ2) is 6.61. The Balaban J connectivity index is 2.49. The standard InChI is InChI=1S/C12H22Br2O/c1-3-6-12(8-13,9-14)7-11-5-4-10(2)15-11/h10-11H,3-9H2,1-2H3. The van der Waals surface area contributed by atoms with E-state index in [4.69, 9.17) is 4.74 Å². The molecule has 0 radical (unpaired) electrons. The van der Waals surface area contributed by atoms with Crippen LogP contribution < -0.4 is 0 Å². The van der Waals surface area contributed by atoms with Crippen molar-refractivity contribution < 1.29 is 4.74 Å². The maximum atomic E-state index is 5.93. The minimum Gasteiger partial charge on any atom is -0.375 e. The summed E-state index contributed by atoms with van der Waals surface area (Å²) in [6, 6.07) is 0. The van der Waals surface area contributed by atoms with Gasteiger partial charge < -0.3 is 4.74 Å². The monoisotopic (exact) mass is 340 g/mol. The summed E-state index contributed by atoms with van der Waals surface area (Å²) in [7, 11) is 0. The molecular weight excluding hydrogens is 320 g/mol. The van der Waals surface area contributed by atoms with E-state index >= 15 is 0 Å². The minimum atomic E-state index is 0.392. The summed E-state index contributed by atoms with van der Waals surface area (Å²) in [4.78, 5) is 0. The van der Waals surface area contributed by atoms with Crippen LogP contribution in [-0.2, 0) is 4.74 Å². The second-order valence-electron chi connectivity index (χ2n) is 4.87. The lowest BCUT2D eigenvalue weighted by Gasteiger charge is -2.32. The Morgan fingerprint density at radius 3 is 2.33 bits per heavy atom. The average molecular weight is 342 g/mol. The third-order valence-corrected chi connectivity index (χ3v) is 5.71. The van der Waals surface area contributed by atoms with E-state index in [-0.39, 0.29) is 0 Å². The molecule has 0 aromatic heterocycles. The van der Waals surface area contributed by atoms with Crippen molar-refractivity contribution in [3.05, 3.63) is 0 Å². The van der Waals surface area contributed by atoms with Crippen molar-refractivity contribution in [2.75, 3.05) is 10.7 Å². The Hall–Kier alpha value is 0.920. The lowest BCUT2D eigenvalue weighted by atomic mass is 9.82. The first-order valence-corrected chi connectivity index (χ1v) is 8.17. The van der Waals surface area contributed by atoms with Gasteiger partial charge in [-0.3, -0.25) is 0 Å². The third-order valence-electron chi connectivity index (χ3n) is 3.33. The molecule has 0 aromatic rings. The van der Waals surface area contributed by atoms with E-state index in [1.165, 1.54) is 32.1 Å². The zero-order valence-corrected chi connectivity index (χ0v) is 12.9. The SMILES string of the molecule is CCCC(CBr)(CBr)CC1CCC(C)O1. The predicted octanol–water partition coefficient (Wildman–Crippen LogP) is 4.52.